The number of carbonyl (C=O) groups is 1. The first-order valence-electron chi connectivity index (χ1n) is 5.82. The molecular weight excluding hydrogens is 296 g/mol. The molecule has 112 valence electrons. The van der Waals surface area contributed by atoms with Crippen molar-refractivity contribution in [2.75, 3.05) is 0 Å². The molecule has 0 amide bonds. The zero-order valence-electron chi connectivity index (χ0n) is 10.8. The zero-order valence-corrected chi connectivity index (χ0v) is 10.8. The van der Waals surface area contributed by atoms with Crippen molar-refractivity contribution in [3.63, 3.8) is 0 Å². The Morgan fingerprint density at radius 1 is 1.14 bits per heavy atom. The third-order valence-electron chi connectivity index (χ3n) is 2.65. The van der Waals surface area contributed by atoms with Crippen LogP contribution in [0.3, 0.4) is 0 Å². The van der Waals surface area contributed by atoms with Gasteiger partial charge in [-0.15, -0.1) is 0 Å². The summed E-state index contributed by atoms with van der Waals surface area (Å²) < 4.78 is 4.81. The predicted molar refractivity (Wildman–Crippen MR) is 73.5 cm³/mol. The molecule has 0 aliphatic heterocycles. The Bertz CT molecular complexity index is 791. The van der Waals surface area contributed by atoms with Crippen LogP contribution < -0.4 is 0 Å². The average Bonchev–Trinajstić information content (AvgIpc) is 2.94. The number of carbonyl (C=O) groups excluding carboxylic acids is 1. The standard InChI is InChI=1S/C13H8N2O7/c16-11-4-1-8(14(18)19)7-10(11)12(17)5-2-9-3-6-13(22-9)15(20)21/h1-7,16H/b5-2+. The molecule has 1 aromatic carbocycles. The largest absolute Gasteiger partial charge is 0.507 e. The van der Waals surface area contributed by atoms with Gasteiger partial charge in [0.05, 0.1) is 16.6 Å². The summed E-state index contributed by atoms with van der Waals surface area (Å²) in [5, 5.41) is 30.7. The molecule has 0 bridgehead atoms. The Morgan fingerprint density at radius 2 is 1.86 bits per heavy atom. The van der Waals surface area contributed by atoms with E-state index in [-0.39, 0.29) is 17.0 Å². The lowest BCUT2D eigenvalue weighted by molar-refractivity contribution is -0.402. The van der Waals surface area contributed by atoms with E-state index in [1.165, 1.54) is 6.07 Å². The van der Waals surface area contributed by atoms with Gasteiger partial charge in [-0.05, 0) is 24.3 Å². The number of hydrogen-bond acceptors (Lipinski definition) is 7. The summed E-state index contributed by atoms with van der Waals surface area (Å²) >= 11 is 0. The molecule has 0 atom stereocenters. The van der Waals surface area contributed by atoms with E-state index >= 15 is 0 Å². The van der Waals surface area contributed by atoms with E-state index in [1.807, 2.05) is 0 Å². The zero-order chi connectivity index (χ0) is 16.3. The number of phenols is 1. The van der Waals surface area contributed by atoms with E-state index in [0.717, 1.165) is 36.4 Å². The minimum Gasteiger partial charge on any atom is -0.507 e. The summed E-state index contributed by atoms with van der Waals surface area (Å²) in [5.41, 5.74) is -0.602. The molecule has 0 spiro atoms. The van der Waals surface area contributed by atoms with Gasteiger partial charge in [0.2, 0.25) is 0 Å². The topological polar surface area (TPSA) is 137 Å². The number of non-ortho nitro benzene ring substituents is 1. The Balaban J connectivity index is 2.24. The van der Waals surface area contributed by atoms with Crippen molar-refractivity contribution in [1.29, 1.82) is 0 Å². The summed E-state index contributed by atoms with van der Waals surface area (Å²) in [6.45, 7) is 0. The minimum absolute atomic E-state index is 0.0602. The summed E-state index contributed by atoms with van der Waals surface area (Å²) in [4.78, 5) is 31.6. The first-order chi connectivity index (χ1) is 10.4. The number of nitro groups is 2. The second-order valence-electron chi connectivity index (χ2n) is 4.09. The van der Waals surface area contributed by atoms with Gasteiger partial charge in [0, 0.05) is 12.1 Å². The molecule has 0 aliphatic carbocycles. The summed E-state index contributed by atoms with van der Waals surface area (Å²) in [6.07, 6.45) is 2.15. The van der Waals surface area contributed by atoms with E-state index in [0.29, 0.717) is 0 Å². The van der Waals surface area contributed by atoms with E-state index in [9.17, 15) is 30.1 Å². The number of aromatic hydroxyl groups is 1. The Kier molecular flexibility index (Phi) is 3.98. The lowest BCUT2D eigenvalue weighted by Gasteiger charge is -2.00. The van der Waals surface area contributed by atoms with Crippen LogP contribution in [0.15, 0.2) is 40.8 Å². The van der Waals surface area contributed by atoms with Crippen LogP contribution in [0.1, 0.15) is 16.1 Å². The highest BCUT2D eigenvalue weighted by Crippen LogP contribution is 2.24. The number of phenolic OH excluding ortho intramolecular Hbond substituents is 1. The van der Waals surface area contributed by atoms with Crippen molar-refractivity contribution in [2.45, 2.75) is 0 Å². The number of benzene rings is 1. The van der Waals surface area contributed by atoms with Gasteiger partial charge in [0.25, 0.3) is 5.69 Å². The highest BCUT2D eigenvalue weighted by Gasteiger charge is 2.15. The Hall–Kier alpha value is -3.49. The molecule has 0 unspecified atom stereocenters. The predicted octanol–water partition coefficient (Wildman–Crippen LogP) is 2.70. The molecule has 0 aliphatic rings. The molecule has 0 saturated heterocycles. The SMILES string of the molecule is O=C(/C=C/c1ccc([N+](=O)[O-])o1)c1cc([N+](=O)[O-])ccc1O. The summed E-state index contributed by atoms with van der Waals surface area (Å²) in [5.74, 6) is -1.54. The lowest BCUT2D eigenvalue weighted by atomic mass is 10.1. The highest BCUT2D eigenvalue weighted by atomic mass is 16.6. The minimum atomic E-state index is -0.731. The Labute approximate surface area is 122 Å². The van der Waals surface area contributed by atoms with E-state index in [2.05, 4.69) is 0 Å². The second kappa shape index (κ2) is 5.87. The quantitative estimate of drug-likeness (QED) is 0.388. The summed E-state index contributed by atoms with van der Waals surface area (Å²) in [6, 6.07) is 5.44. The van der Waals surface area contributed by atoms with Crippen LogP contribution in [0.2, 0.25) is 0 Å². The van der Waals surface area contributed by atoms with Crippen molar-refractivity contribution < 1.29 is 24.2 Å². The third kappa shape index (κ3) is 3.15. The molecule has 1 aromatic heterocycles. The van der Waals surface area contributed by atoms with Crippen LogP contribution in [0.4, 0.5) is 11.6 Å². The van der Waals surface area contributed by atoms with Crippen LogP contribution in [0.25, 0.3) is 6.08 Å². The van der Waals surface area contributed by atoms with Crippen LogP contribution in [-0.2, 0) is 0 Å². The first kappa shape index (κ1) is 14.9. The molecule has 0 saturated carbocycles. The van der Waals surface area contributed by atoms with Gasteiger partial charge in [0.15, 0.2) is 5.78 Å². The van der Waals surface area contributed by atoms with Gasteiger partial charge >= 0.3 is 5.88 Å². The van der Waals surface area contributed by atoms with E-state index in [4.69, 9.17) is 4.42 Å². The van der Waals surface area contributed by atoms with Gasteiger partial charge in [-0.25, -0.2) is 0 Å². The van der Waals surface area contributed by atoms with Gasteiger partial charge in [-0.2, -0.15) is 0 Å². The van der Waals surface area contributed by atoms with Crippen molar-refractivity contribution in [1.82, 2.24) is 0 Å². The number of ketones is 1. The molecule has 9 nitrogen and oxygen atoms in total. The fourth-order valence-electron chi connectivity index (χ4n) is 1.61. The lowest BCUT2D eigenvalue weighted by Crippen LogP contribution is -1.97. The normalized spacial score (nSPS) is 10.7. The maximum atomic E-state index is 11.9. The molecule has 0 radical (unpaired) electrons. The van der Waals surface area contributed by atoms with Crippen LogP contribution in [-0.4, -0.2) is 20.7 Å². The number of allylic oxidation sites excluding steroid dienone is 1. The number of nitro benzene ring substituents is 1. The summed E-state index contributed by atoms with van der Waals surface area (Å²) in [7, 11) is 0. The third-order valence-corrected chi connectivity index (χ3v) is 2.65. The molecule has 2 rings (SSSR count). The highest BCUT2D eigenvalue weighted by molar-refractivity contribution is 6.08. The fourth-order valence-corrected chi connectivity index (χ4v) is 1.61. The average molecular weight is 304 g/mol. The molecule has 2 aromatic rings. The van der Waals surface area contributed by atoms with Gasteiger partial charge < -0.3 is 9.52 Å². The Morgan fingerprint density at radius 3 is 2.45 bits per heavy atom. The molecule has 9 heteroatoms. The number of hydrogen-bond donors (Lipinski definition) is 1. The number of furan rings is 1. The maximum absolute atomic E-state index is 11.9. The van der Waals surface area contributed by atoms with E-state index in [1.54, 1.807) is 0 Å². The van der Waals surface area contributed by atoms with Crippen molar-refractivity contribution >= 4 is 23.4 Å². The van der Waals surface area contributed by atoms with Crippen LogP contribution in [0.5, 0.6) is 5.75 Å². The van der Waals surface area contributed by atoms with Crippen molar-refractivity contribution in [2.24, 2.45) is 0 Å². The molecular formula is C13H8N2O7. The second-order valence-corrected chi connectivity index (χ2v) is 4.09. The van der Waals surface area contributed by atoms with Crippen molar-refractivity contribution in [3.8, 4) is 5.75 Å². The molecule has 0 fully saturated rings. The van der Waals surface area contributed by atoms with Gasteiger partial charge in [-0.3, -0.25) is 25.0 Å². The van der Waals surface area contributed by atoms with Gasteiger partial charge in [0.1, 0.15) is 16.4 Å². The monoisotopic (exact) mass is 304 g/mol. The van der Waals surface area contributed by atoms with Crippen LogP contribution in [0, 0.1) is 20.2 Å². The first-order valence-corrected chi connectivity index (χ1v) is 5.82. The fraction of sp³-hybridized carbons (Fsp3) is 0. The number of nitrogens with zero attached hydrogens (tertiary/aromatic N) is 2. The van der Waals surface area contributed by atoms with Gasteiger partial charge in [-0.1, -0.05) is 0 Å². The maximum Gasteiger partial charge on any atom is 0.433 e. The molecule has 1 N–H and O–H groups in total. The van der Waals surface area contributed by atoms with E-state index < -0.39 is 27.3 Å². The van der Waals surface area contributed by atoms with Crippen LogP contribution >= 0.6 is 0 Å². The molecule has 22 heavy (non-hydrogen) atoms. The smallest absolute Gasteiger partial charge is 0.433 e. The number of rotatable bonds is 5. The molecule has 1 heterocycles. The van der Waals surface area contributed by atoms with Crippen molar-refractivity contribution in [3.05, 3.63) is 68.0 Å².